The van der Waals surface area contributed by atoms with Crippen molar-refractivity contribution in [1.29, 1.82) is 0 Å². The maximum atomic E-state index is 12.5. The molecular weight excluding hydrogens is 249 g/mol. The summed E-state index contributed by atoms with van der Waals surface area (Å²) in [5.74, 6) is 0. The van der Waals surface area contributed by atoms with E-state index in [1.54, 1.807) is 20.8 Å². The first-order chi connectivity index (χ1) is 8.08. The molecule has 1 aliphatic heterocycles. The van der Waals surface area contributed by atoms with E-state index in [1.807, 2.05) is 0 Å². The van der Waals surface area contributed by atoms with Gasteiger partial charge in [0.1, 0.15) is 11.6 Å². The van der Waals surface area contributed by atoms with Crippen LogP contribution in [0.15, 0.2) is 0 Å². The number of hydrogen-bond donors (Lipinski definition) is 2. The SMILES string of the molecule is CC(C)(C)OC(=O)N[C@H]1CCN[C@H](C(F)(F)F)C1. The van der Waals surface area contributed by atoms with Gasteiger partial charge in [0.2, 0.25) is 0 Å². The van der Waals surface area contributed by atoms with E-state index in [4.69, 9.17) is 4.74 Å². The molecule has 1 heterocycles. The number of halogens is 3. The summed E-state index contributed by atoms with van der Waals surface area (Å²) in [6.45, 7) is 5.33. The molecule has 0 aromatic carbocycles. The zero-order chi connectivity index (χ0) is 14.0. The Kier molecular flexibility index (Phi) is 4.47. The minimum absolute atomic E-state index is 0.164. The lowest BCUT2D eigenvalue weighted by atomic mass is 9.99. The fourth-order valence-electron chi connectivity index (χ4n) is 1.77. The van der Waals surface area contributed by atoms with Gasteiger partial charge in [0, 0.05) is 6.04 Å². The normalized spacial score (nSPS) is 25.7. The van der Waals surface area contributed by atoms with Gasteiger partial charge in [-0.2, -0.15) is 13.2 Å². The fraction of sp³-hybridized carbons (Fsp3) is 0.909. The molecule has 1 amide bonds. The summed E-state index contributed by atoms with van der Waals surface area (Å²) in [5.41, 5.74) is -0.652. The standard InChI is InChI=1S/C11H19F3N2O2/c1-10(2,3)18-9(17)16-7-4-5-15-8(6-7)11(12,13)14/h7-8,15H,4-6H2,1-3H3,(H,16,17)/t7-,8-/m0/s1. The van der Waals surface area contributed by atoms with E-state index < -0.39 is 30.0 Å². The van der Waals surface area contributed by atoms with Crippen LogP contribution in [0.25, 0.3) is 0 Å². The summed E-state index contributed by atoms with van der Waals surface area (Å²) in [7, 11) is 0. The van der Waals surface area contributed by atoms with Crippen molar-refractivity contribution in [3.05, 3.63) is 0 Å². The molecule has 0 bridgehead atoms. The van der Waals surface area contributed by atoms with Crippen LogP contribution < -0.4 is 10.6 Å². The number of nitrogens with one attached hydrogen (secondary N) is 2. The van der Waals surface area contributed by atoms with Crippen LogP contribution in [0.4, 0.5) is 18.0 Å². The highest BCUT2D eigenvalue weighted by Crippen LogP contribution is 2.26. The monoisotopic (exact) mass is 268 g/mol. The fourth-order valence-corrected chi connectivity index (χ4v) is 1.77. The quantitative estimate of drug-likeness (QED) is 0.766. The van der Waals surface area contributed by atoms with E-state index in [0.717, 1.165) is 0 Å². The van der Waals surface area contributed by atoms with E-state index in [9.17, 15) is 18.0 Å². The van der Waals surface area contributed by atoms with Gasteiger partial charge in [0.05, 0.1) is 0 Å². The van der Waals surface area contributed by atoms with E-state index in [-0.39, 0.29) is 13.0 Å². The number of ether oxygens (including phenoxy) is 1. The molecule has 0 aromatic heterocycles. The Bertz CT molecular complexity index is 300. The van der Waals surface area contributed by atoms with Gasteiger partial charge in [-0.1, -0.05) is 0 Å². The Morgan fingerprint density at radius 3 is 2.44 bits per heavy atom. The predicted octanol–water partition coefficient (Wildman–Crippen LogP) is 2.19. The summed E-state index contributed by atoms with van der Waals surface area (Å²) < 4.78 is 42.6. The van der Waals surface area contributed by atoms with Crippen LogP contribution in [0.5, 0.6) is 0 Å². The molecular formula is C11H19F3N2O2. The molecule has 1 fully saturated rings. The van der Waals surface area contributed by atoms with Crippen molar-refractivity contribution in [3.8, 4) is 0 Å². The first kappa shape index (κ1) is 15.1. The van der Waals surface area contributed by atoms with Crippen molar-refractivity contribution in [2.75, 3.05) is 6.54 Å². The smallest absolute Gasteiger partial charge is 0.407 e. The number of alkyl halides is 3. The van der Waals surface area contributed by atoms with E-state index >= 15 is 0 Å². The van der Waals surface area contributed by atoms with Crippen LogP contribution in [0.1, 0.15) is 33.6 Å². The molecule has 0 saturated carbocycles. The van der Waals surface area contributed by atoms with Gasteiger partial charge in [0.25, 0.3) is 0 Å². The number of rotatable bonds is 1. The van der Waals surface area contributed by atoms with Crippen LogP contribution in [-0.2, 0) is 4.74 Å². The lowest BCUT2D eigenvalue weighted by molar-refractivity contribution is -0.161. The topological polar surface area (TPSA) is 50.4 Å². The van der Waals surface area contributed by atoms with Gasteiger partial charge in [-0.15, -0.1) is 0 Å². The molecule has 1 saturated heterocycles. The Hall–Kier alpha value is -0.980. The van der Waals surface area contributed by atoms with E-state index in [1.165, 1.54) is 0 Å². The summed E-state index contributed by atoms with van der Waals surface area (Å²) in [6, 6.07) is -2.07. The molecule has 7 heteroatoms. The molecule has 2 N–H and O–H groups in total. The van der Waals surface area contributed by atoms with Crippen molar-refractivity contribution < 1.29 is 22.7 Å². The lowest BCUT2D eigenvalue weighted by Crippen LogP contribution is -2.53. The van der Waals surface area contributed by atoms with Gasteiger partial charge in [0.15, 0.2) is 0 Å². The van der Waals surface area contributed by atoms with Crippen molar-refractivity contribution in [2.24, 2.45) is 0 Å². The molecule has 0 spiro atoms. The van der Waals surface area contributed by atoms with Crippen molar-refractivity contribution in [1.82, 2.24) is 10.6 Å². The van der Waals surface area contributed by atoms with Crippen LogP contribution in [0.3, 0.4) is 0 Å². The summed E-state index contributed by atoms with van der Waals surface area (Å²) in [6.07, 6.45) is -4.65. The van der Waals surface area contributed by atoms with Gasteiger partial charge >= 0.3 is 12.3 Å². The molecule has 0 aliphatic carbocycles. The number of amides is 1. The highest BCUT2D eigenvalue weighted by atomic mass is 19.4. The average molecular weight is 268 g/mol. The third kappa shape index (κ3) is 5.12. The van der Waals surface area contributed by atoms with Crippen LogP contribution >= 0.6 is 0 Å². The third-order valence-corrected chi connectivity index (χ3v) is 2.52. The molecule has 2 atom stereocenters. The molecule has 1 rings (SSSR count). The number of alkyl carbamates (subject to hydrolysis) is 1. The molecule has 1 aliphatic rings. The highest BCUT2D eigenvalue weighted by Gasteiger charge is 2.42. The van der Waals surface area contributed by atoms with Gasteiger partial charge in [-0.3, -0.25) is 0 Å². The van der Waals surface area contributed by atoms with Crippen LogP contribution in [-0.4, -0.2) is 36.5 Å². The highest BCUT2D eigenvalue weighted by molar-refractivity contribution is 5.68. The van der Waals surface area contributed by atoms with Crippen LogP contribution in [0, 0.1) is 0 Å². The minimum atomic E-state index is -4.28. The van der Waals surface area contributed by atoms with Crippen LogP contribution in [0.2, 0.25) is 0 Å². The molecule has 0 aromatic rings. The second-order valence-corrected chi connectivity index (χ2v) is 5.42. The Labute approximate surface area is 104 Å². The Morgan fingerprint density at radius 1 is 1.33 bits per heavy atom. The van der Waals surface area contributed by atoms with Gasteiger partial charge in [-0.25, -0.2) is 4.79 Å². The summed E-state index contributed by atoms with van der Waals surface area (Å²) in [4.78, 5) is 11.4. The number of carbonyl (C=O) groups excluding carboxylic acids is 1. The van der Waals surface area contributed by atoms with Crippen molar-refractivity contribution in [2.45, 2.75) is 57.5 Å². The molecule has 0 radical (unpaired) electrons. The maximum Gasteiger partial charge on any atom is 0.407 e. The van der Waals surface area contributed by atoms with E-state index in [2.05, 4.69) is 10.6 Å². The third-order valence-electron chi connectivity index (χ3n) is 2.52. The second kappa shape index (κ2) is 5.34. The minimum Gasteiger partial charge on any atom is -0.444 e. The molecule has 18 heavy (non-hydrogen) atoms. The first-order valence-electron chi connectivity index (χ1n) is 5.87. The number of piperidine rings is 1. The average Bonchev–Trinajstić information content (AvgIpc) is 2.13. The van der Waals surface area contributed by atoms with Gasteiger partial charge in [-0.05, 0) is 40.2 Å². The Balaban J connectivity index is 2.46. The zero-order valence-electron chi connectivity index (χ0n) is 10.7. The molecule has 4 nitrogen and oxygen atoms in total. The van der Waals surface area contributed by atoms with Crippen molar-refractivity contribution in [3.63, 3.8) is 0 Å². The predicted molar refractivity (Wildman–Crippen MR) is 60.2 cm³/mol. The Morgan fingerprint density at radius 2 is 1.94 bits per heavy atom. The number of carbonyl (C=O) groups is 1. The van der Waals surface area contributed by atoms with Gasteiger partial charge < -0.3 is 15.4 Å². The number of hydrogen-bond acceptors (Lipinski definition) is 3. The molecule has 0 unspecified atom stereocenters. The largest absolute Gasteiger partial charge is 0.444 e. The summed E-state index contributed by atoms with van der Waals surface area (Å²) in [5, 5.41) is 4.87. The lowest BCUT2D eigenvalue weighted by Gasteiger charge is -2.32. The molecule has 106 valence electrons. The van der Waals surface area contributed by atoms with E-state index in [0.29, 0.717) is 6.42 Å². The second-order valence-electron chi connectivity index (χ2n) is 5.42. The first-order valence-corrected chi connectivity index (χ1v) is 5.87. The van der Waals surface area contributed by atoms with Crippen molar-refractivity contribution >= 4 is 6.09 Å². The maximum absolute atomic E-state index is 12.5. The zero-order valence-corrected chi connectivity index (χ0v) is 10.7. The summed E-state index contributed by atoms with van der Waals surface area (Å²) >= 11 is 0.